The molecule has 7 N–H and O–H groups in total. The van der Waals surface area contributed by atoms with Crippen LogP contribution in [0.5, 0.6) is 0 Å². The van der Waals surface area contributed by atoms with Crippen LogP contribution in [0.1, 0.15) is 12.8 Å². The van der Waals surface area contributed by atoms with Gasteiger partial charge in [-0.15, -0.1) is 0 Å². The van der Waals surface area contributed by atoms with E-state index in [0.717, 1.165) is 0 Å². The van der Waals surface area contributed by atoms with E-state index in [1.165, 1.54) is 0 Å². The van der Waals surface area contributed by atoms with E-state index in [-0.39, 0.29) is 17.1 Å². The molecule has 0 fully saturated rings. The standard InChI is InChI=1S/C6H8O7.Fe.H3O4P/c7-3(8)1-6(13,5(11)12)2-4(9)10;;1-5(2,3)4/h13H,1-2H2,(H,7,8)(H,9,10)(H,11,12);;(H3,1,2,3,4). The van der Waals surface area contributed by atoms with Crippen LogP contribution < -0.4 is 0 Å². The van der Waals surface area contributed by atoms with E-state index in [9.17, 15) is 14.4 Å². The van der Waals surface area contributed by atoms with Gasteiger partial charge in [-0.3, -0.25) is 9.59 Å². The summed E-state index contributed by atoms with van der Waals surface area (Å²) in [4.78, 5) is 52.0. The fourth-order valence-corrected chi connectivity index (χ4v) is 0.714. The first-order valence-corrected chi connectivity index (χ1v) is 5.52. The van der Waals surface area contributed by atoms with Crippen molar-refractivity contribution in [3.05, 3.63) is 0 Å². The van der Waals surface area contributed by atoms with Gasteiger partial charge in [-0.1, -0.05) is 0 Å². The first-order chi connectivity index (χ1) is 7.78. The molecule has 0 aliphatic heterocycles. The first kappa shape index (κ1) is 23.1. The van der Waals surface area contributed by atoms with Gasteiger partial charge < -0.3 is 35.1 Å². The minimum atomic E-state index is -4.64. The Balaban J connectivity index is -0.000000366. The maximum Gasteiger partial charge on any atom is 0.466 e. The molecule has 19 heavy (non-hydrogen) atoms. The second-order valence-corrected chi connectivity index (χ2v) is 4.02. The Morgan fingerprint density at radius 2 is 1.11 bits per heavy atom. The molecule has 0 aromatic carbocycles. The summed E-state index contributed by atoms with van der Waals surface area (Å²) in [7, 11) is -4.64. The van der Waals surface area contributed by atoms with Crippen LogP contribution in [0.3, 0.4) is 0 Å². The van der Waals surface area contributed by atoms with Gasteiger partial charge in [0.25, 0.3) is 0 Å². The summed E-state index contributed by atoms with van der Waals surface area (Å²) in [5, 5.41) is 33.8. The van der Waals surface area contributed by atoms with Crippen molar-refractivity contribution >= 4 is 25.7 Å². The van der Waals surface area contributed by atoms with Gasteiger partial charge in [0, 0.05) is 17.1 Å². The third-order valence-corrected chi connectivity index (χ3v) is 1.29. The van der Waals surface area contributed by atoms with Crippen molar-refractivity contribution in [1.82, 2.24) is 0 Å². The molecule has 0 saturated carbocycles. The molecule has 0 aromatic rings. The van der Waals surface area contributed by atoms with Crippen LogP contribution in [0.4, 0.5) is 0 Å². The van der Waals surface area contributed by atoms with E-state index < -0.39 is 44.2 Å². The van der Waals surface area contributed by atoms with Crippen molar-refractivity contribution in [1.29, 1.82) is 0 Å². The molecule has 0 saturated heterocycles. The fraction of sp³-hybridized carbons (Fsp3) is 0.500. The van der Waals surface area contributed by atoms with Gasteiger partial charge in [0.05, 0.1) is 12.8 Å². The van der Waals surface area contributed by atoms with Gasteiger partial charge in [0.1, 0.15) is 0 Å². The summed E-state index contributed by atoms with van der Waals surface area (Å²) >= 11 is 0. The summed E-state index contributed by atoms with van der Waals surface area (Å²) in [6, 6.07) is 0. The molecule has 0 radical (unpaired) electrons. The van der Waals surface area contributed by atoms with Gasteiger partial charge in [0.15, 0.2) is 5.60 Å². The number of aliphatic hydroxyl groups is 1. The van der Waals surface area contributed by atoms with Crippen LogP contribution >= 0.6 is 7.82 Å². The Labute approximate surface area is 116 Å². The summed E-state index contributed by atoms with van der Waals surface area (Å²) in [5.41, 5.74) is -2.74. The van der Waals surface area contributed by atoms with Crippen molar-refractivity contribution in [2.45, 2.75) is 18.4 Å². The van der Waals surface area contributed by atoms with E-state index in [1.807, 2.05) is 0 Å². The van der Waals surface area contributed by atoms with Crippen LogP contribution in [-0.2, 0) is 36.0 Å². The molecule has 11 nitrogen and oxygen atoms in total. The van der Waals surface area contributed by atoms with Crippen molar-refractivity contribution < 1.29 is 71.1 Å². The largest absolute Gasteiger partial charge is 0.481 e. The zero-order valence-electron chi connectivity index (χ0n) is 8.98. The van der Waals surface area contributed by atoms with E-state index >= 15 is 0 Å². The number of hydrogen-bond donors (Lipinski definition) is 7. The molecule has 0 heterocycles. The summed E-state index contributed by atoms with van der Waals surface area (Å²) in [6.07, 6.45) is -2.29. The summed E-state index contributed by atoms with van der Waals surface area (Å²) in [5.74, 6) is -5.02. The third kappa shape index (κ3) is 17.0. The molecule has 0 unspecified atom stereocenters. The Kier molecular flexibility index (Phi) is 10.9. The Morgan fingerprint density at radius 3 is 1.21 bits per heavy atom. The predicted molar refractivity (Wildman–Crippen MR) is 51.4 cm³/mol. The van der Waals surface area contributed by atoms with Crippen molar-refractivity contribution in [2.24, 2.45) is 0 Å². The molecule has 0 aliphatic carbocycles. The molecule has 0 amide bonds. The Morgan fingerprint density at radius 1 is 0.895 bits per heavy atom. The van der Waals surface area contributed by atoms with Crippen LogP contribution in [0, 0.1) is 0 Å². The number of carbonyl (C=O) groups is 3. The Bertz CT molecular complexity index is 349. The number of carboxylic acids is 3. The number of hydrogen-bond acceptors (Lipinski definition) is 5. The molecule has 0 aromatic heterocycles. The van der Waals surface area contributed by atoms with Crippen LogP contribution in [0.2, 0.25) is 0 Å². The van der Waals surface area contributed by atoms with Crippen molar-refractivity contribution in [3.63, 3.8) is 0 Å². The number of aliphatic carboxylic acids is 3. The molecule has 114 valence electrons. The van der Waals surface area contributed by atoms with E-state index in [1.54, 1.807) is 0 Å². The monoisotopic (exact) mass is 346 g/mol. The van der Waals surface area contributed by atoms with Gasteiger partial charge in [-0.2, -0.15) is 0 Å². The topological polar surface area (TPSA) is 210 Å². The molecule has 0 atom stereocenters. The second-order valence-electron chi connectivity index (χ2n) is 2.99. The van der Waals surface area contributed by atoms with E-state index in [2.05, 4.69) is 0 Å². The van der Waals surface area contributed by atoms with Crippen LogP contribution in [0.25, 0.3) is 0 Å². The van der Waals surface area contributed by atoms with Crippen LogP contribution in [0.15, 0.2) is 0 Å². The quantitative estimate of drug-likeness (QED) is 0.210. The van der Waals surface area contributed by atoms with Gasteiger partial charge in [-0.05, 0) is 0 Å². The van der Waals surface area contributed by atoms with E-state index in [4.69, 9.17) is 39.7 Å². The average Bonchev–Trinajstić information content (AvgIpc) is 1.95. The first-order valence-electron chi connectivity index (χ1n) is 3.95. The molecule has 0 rings (SSSR count). The molecular formula is C6H11FeO11P. The smallest absolute Gasteiger partial charge is 0.466 e. The molecule has 13 heteroatoms. The molecule has 0 aliphatic rings. The van der Waals surface area contributed by atoms with E-state index in [0.29, 0.717) is 0 Å². The molecular weight excluding hydrogens is 335 g/mol. The number of phosphoric acid groups is 1. The zero-order valence-corrected chi connectivity index (χ0v) is 11.0. The maximum absolute atomic E-state index is 10.3. The molecule has 0 bridgehead atoms. The molecule has 0 spiro atoms. The maximum atomic E-state index is 10.3. The zero-order chi connectivity index (χ0) is 15.1. The minimum absolute atomic E-state index is 0. The average molecular weight is 346 g/mol. The third-order valence-electron chi connectivity index (χ3n) is 1.29. The van der Waals surface area contributed by atoms with Crippen molar-refractivity contribution in [3.8, 4) is 0 Å². The van der Waals surface area contributed by atoms with Crippen molar-refractivity contribution in [2.75, 3.05) is 0 Å². The summed E-state index contributed by atoms with van der Waals surface area (Å²) in [6.45, 7) is 0. The van der Waals surface area contributed by atoms with Crippen LogP contribution in [-0.4, -0.2) is 58.6 Å². The minimum Gasteiger partial charge on any atom is -0.481 e. The fourth-order valence-electron chi connectivity index (χ4n) is 0.714. The van der Waals surface area contributed by atoms with Gasteiger partial charge in [0.2, 0.25) is 0 Å². The Hall–Kier alpha value is -1.00. The predicted octanol–water partition coefficient (Wildman–Crippen LogP) is -2.18. The van der Waals surface area contributed by atoms with Gasteiger partial charge in [-0.25, -0.2) is 9.36 Å². The SMILES string of the molecule is O=C(O)CC(O)(CC(=O)O)C(=O)O.O=P(O)(O)O.[Fe]. The normalized spacial score (nSPS) is 10.5. The second kappa shape index (κ2) is 8.99. The number of carboxylic acid groups (broad SMARTS) is 3. The van der Waals surface area contributed by atoms with Gasteiger partial charge >= 0.3 is 25.7 Å². The number of rotatable bonds is 5. The summed E-state index contributed by atoms with van der Waals surface area (Å²) < 4.78 is 8.88.